The summed E-state index contributed by atoms with van der Waals surface area (Å²) in [7, 11) is 0. The van der Waals surface area contributed by atoms with Crippen molar-refractivity contribution >= 4 is 23.3 Å². The van der Waals surface area contributed by atoms with Gasteiger partial charge in [0.15, 0.2) is 5.78 Å². The Bertz CT molecular complexity index is 720. The van der Waals surface area contributed by atoms with Gasteiger partial charge in [0.05, 0.1) is 0 Å². The first-order valence-electron chi connectivity index (χ1n) is 6.66. The van der Waals surface area contributed by atoms with Crippen molar-refractivity contribution in [2.45, 2.75) is 13.8 Å². The molecular formula is C17H15NO4. The van der Waals surface area contributed by atoms with Gasteiger partial charge < -0.3 is 10.1 Å². The van der Waals surface area contributed by atoms with Crippen LogP contribution in [0.25, 0.3) is 0 Å². The van der Waals surface area contributed by atoms with Crippen LogP contribution in [0.3, 0.4) is 0 Å². The Morgan fingerprint density at radius 1 is 0.909 bits per heavy atom. The predicted molar refractivity (Wildman–Crippen MR) is 82.2 cm³/mol. The van der Waals surface area contributed by atoms with Crippen LogP contribution < -0.4 is 10.1 Å². The van der Waals surface area contributed by atoms with Gasteiger partial charge in [0.2, 0.25) is 0 Å². The summed E-state index contributed by atoms with van der Waals surface area (Å²) in [6.45, 7) is 2.78. The smallest absolute Gasteiger partial charge is 0.308 e. The summed E-state index contributed by atoms with van der Waals surface area (Å²) < 4.78 is 4.94. The van der Waals surface area contributed by atoms with E-state index in [-0.39, 0.29) is 11.7 Å². The lowest BCUT2D eigenvalue weighted by atomic mass is 10.1. The number of carbonyl (C=O) groups is 3. The van der Waals surface area contributed by atoms with Gasteiger partial charge in [-0.05, 0) is 49.4 Å². The number of benzene rings is 2. The van der Waals surface area contributed by atoms with Crippen LogP contribution in [0.15, 0.2) is 48.5 Å². The van der Waals surface area contributed by atoms with Crippen molar-refractivity contribution in [1.82, 2.24) is 0 Å². The minimum Gasteiger partial charge on any atom is -0.427 e. The third kappa shape index (κ3) is 4.02. The minimum atomic E-state index is -0.447. The molecule has 2 rings (SSSR count). The van der Waals surface area contributed by atoms with Crippen LogP contribution in [0.2, 0.25) is 0 Å². The third-order valence-corrected chi connectivity index (χ3v) is 2.91. The number of esters is 1. The molecule has 0 aliphatic heterocycles. The summed E-state index contributed by atoms with van der Waals surface area (Å²) in [6, 6.07) is 12.9. The molecule has 0 heterocycles. The highest BCUT2D eigenvalue weighted by molar-refractivity contribution is 6.04. The molecular weight excluding hydrogens is 282 g/mol. The molecule has 0 fully saturated rings. The highest BCUT2D eigenvalue weighted by Gasteiger charge is 2.08. The molecule has 0 radical (unpaired) electrons. The summed E-state index contributed by atoms with van der Waals surface area (Å²) in [4.78, 5) is 34.3. The van der Waals surface area contributed by atoms with Crippen LogP contribution in [0.1, 0.15) is 34.6 Å². The quantitative estimate of drug-likeness (QED) is 0.535. The maximum absolute atomic E-state index is 12.2. The molecule has 112 valence electrons. The zero-order valence-corrected chi connectivity index (χ0v) is 12.3. The monoisotopic (exact) mass is 297 g/mol. The molecule has 0 aliphatic carbocycles. The second-order valence-corrected chi connectivity index (χ2v) is 4.71. The van der Waals surface area contributed by atoms with Crippen LogP contribution in [0.5, 0.6) is 5.75 Å². The van der Waals surface area contributed by atoms with Gasteiger partial charge in [0.1, 0.15) is 5.75 Å². The number of anilines is 1. The first kappa shape index (κ1) is 15.4. The average Bonchev–Trinajstić information content (AvgIpc) is 2.47. The van der Waals surface area contributed by atoms with Crippen molar-refractivity contribution in [3.63, 3.8) is 0 Å². The van der Waals surface area contributed by atoms with E-state index in [1.165, 1.54) is 19.9 Å². The van der Waals surface area contributed by atoms with Crippen LogP contribution in [0.4, 0.5) is 5.69 Å². The Morgan fingerprint density at radius 3 is 2.18 bits per heavy atom. The van der Waals surface area contributed by atoms with Gasteiger partial charge in [-0.1, -0.05) is 6.07 Å². The van der Waals surface area contributed by atoms with E-state index in [1.54, 1.807) is 42.5 Å². The normalized spacial score (nSPS) is 9.91. The number of nitrogens with one attached hydrogen (secondary N) is 1. The second kappa shape index (κ2) is 6.67. The molecule has 5 nitrogen and oxygen atoms in total. The van der Waals surface area contributed by atoms with Gasteiger partial charge in [-0.2, -0.15) is 0 Å². The molecule has 0 aliphatic rings. The molecule has 0 spiro atoms. The summed E-state index contributed by atoms with van der Waals surface area (Å²) in [5.41, 5.74) is 1.53. The zero-order chi connectivity index (χ0) is 16.1. The number of hydrogen-bond acceptors (Lipinski definition) is 4. The van der Waals surface area contributed by atoms with Crippen molar-refractivity contribution in [2.24, 2.45) is 0 Å². The number of ketones is 1. The highest BCUT2D eigenvalue weighted by Crippen LogP contribution is 2.16. The van der Waals surface area contributed by atoms with Crippen LogP contribution in [-0.2, 0) is 4.79 Å². The predicted octanol–water partition coefficient (Wildman–Crippen LogP) is 3.07. The molecule has 0 saturated heterocycles. The number of Topliss-reactive ketones (excluding diaryl/α,β-unsaturated/α-hetero) is 1. The van der Waals surface area contributed by atoms with E-state index < -0.39 is 5.97 Å². The molecule has 2 aromatic carbocycles. The molecule has 22 heavy (non-hydrogen) atoms. The Balaban J connectivity index is 2.11. The van der Waals surface area contributed by atoms with Crippen molar-refractivity contribution in [3.05, 3.63) is 59.7 Å². The molecule has 0 unspecified atom stereocenters. The molecule has 0 atom stereocenters. The number of ether oxygens (including phenoxy) is 1. The van der Waals surface area contributed by atoms with E-state index in [9.17, 15) is 14.4 Å². The molecule has 0 bridgehead atoms. The molecule has 0 saturated carbocycles. The van der Waals surface area contributed by atoms with Crippen molar-refractivity contribution in [2.75, 3.05) is 5.32 Å². The van der Waals surface area contributed by atoms with E-state index >= 15 is 0 Å². The van der Waals surface area contributed by atoms with Gasteiger partial charge in [-0.25, -0.2) is 0 Å². The van der Waals surface area contributed by atoms with Gasteiger partial charge in [0, 0.05) is 23.7 Å². The van der Waals surface area contributed by atoms with Gasteiger partial charge in [0.25, 0.3) is 5.91 Å². The lowest BCUT2D eigenvalue weighted by Gasteiger charge is -2.07. The first-order valence-corrected chi connectivity index (χ1v) is 6.66. The van der Waals surface area contributed by atoms with E-state index in [4.69, 9.17) is 4.74 Å². The second-order valence-electron chi connectivity index (χ2n) is 4.71. The van der Waals surface area contributed by atoms with Gasteiger partial charge >= 0.3 is 5.97 Å². The van der Waals surface area contributed by atoms with E-state index in [0.717, 1.165) is 0 Å². The number of rotatable bonds is 4. The maximum atomic E-state index is 12.2. The van der Waals surface area contributed by atoms with Crippen LogP contribution in [-0.4, -0.2) is 17.7 Å². The van der Waals surface area contributed by atoms with Crippen molar-refractivity contribution in [1.29, 1.82) is 0 Å². The molecule has 1 N–H and O–H groups in total. The van der Waals surface area contributed by atoms with E-state index in [0.29, 0.717) is 22.6 Å². The van der Waals surface area contributed by atoms with Crippen LogP contribution in [0, 0.1) is 0 Å². The zero-order valence-electron chi connectivity index (χ0n) is 12.3. The molecule has 2 aromatic rings. The molecule has 5 heteroatoms. The Kier molecular flexibility index (Phi) is 4.68. The number of hydrogen-bond donors (Lipinski definition) is 1. The van der Waals surface area contributed by atoms with E-state index in [2.05, 4.69) is 5.32 Å². The average molecular weight is 297 g/mol. The Morgan fingerprint density at radius 2 is 1.59 bits per heavy atom. The Hall–Kier alpha value is -2.95. The number of amides is 1. The van der Waals surface area contributed by atoms with E-state index in [1.807, 2.05) is 0 Å². The lowest BCUT2D eigenvalue weighted by Crippen LogP contribution is -2.12. The van der Waals surface area contributed by atoms with Crippen LogP contribution >= 0.6 is 0 Å². The SMILES string of the molecule is CC(=O)Oc1cccc(C(=O)Nc2ccc(C(C)=O)cc2)c1. The van der Waals surface area contributed by atoms with Crippen molar-refractivity contribution in [3.8, 4) is 5.75 Å². The number of carbonyl (C=O) groups excluding carboxylic acids is 3. The summed E-state index contributed by atoms with van der Waals surface area (Å²) in [5.74, 6) is -0.499. The molecule has 0 aromatic heterocycles. The molecule has 1 amide bonds. The first-order chi connectivity index (χ1) is 10.5. The summed E-state index contributed by atoms with van der Waals surface area (Å²) in [6.07, 6.45) is 0. The fraction of sp³-hybridized carbons (Fsp3) is 0.118. The fourth-order valence-electron chi connectivity index (χ4n) is 1.86. The van der Waals surface area contributed by atoms with Gasteiger partial charge in [-0.15, -0.1) is 0 Å². The topological polar surface area (TPSA) is 72.5 Å². The van der Waals surface area contributed by atoms with Crippen molar-refractivity contribution < 1.29 is 19.1 Å². The third-order valence-electron chi connectivity index (χ3n) is 2.91. The largest absolute Gasteiger partial charge is 0.427 e. The standard InChI is InChI=1S/C17H15NO4/c1-11(19)13-6-8-15(9-7-13)18-17(21)14-4-3-5-16(10-14)22-12(2)20/h3-10H,1-2H3,(H,18,21). The van der Waals surface area contributed by atoms with Gasteiger partial charge in [-0.3, -0.25) is 14.4 Å². The highest BCUT2D eigenvalue weighted by atomic mass is 16.5. The summed E-state index contributed by atoms with van der Waals surface area (Å²) >= 11 is 0. The maximum Gasteiger partial charge on any atom is 0.308 e. The Labute approximate surface area is 127 Å². The minimum absolute atomic E-state index is 0.0352. The fourth-order valence-corrected chi connectivity index (χ4v) is 1.86. The summed E-state index contributed by atoms with van der Waals surface area (Å²) in [5, 5.41) is 2.71. The lowest BCUT2D eigenvalue weighted by molar-refractivity contribution is -0.131.